The monoisotopic (exact) mass is 566 g/mol. The number of pyridine rings is 2. The fraction of sp³-hybridized carbons (Fsp3) is 0.312. The Kier molecular flexibility index (Phi) is 7.80. The molecule has 8 nitrogen and oxygen atoms in total. The third kappa shape index (κ3) is 5.87. The van der Waals surface area contributed by atoms with Crippen LogP contribution in [-0.2, 0) is 6.54 Å². The van der Waals surface area contributed by atoms with E-state index in [0.29, 0.717) is 36.4 Å². The minimum atomic E-state index is -0.212. The summed E-state index contributed by atoms with van der Waals surface area (Å²) in [4.78, 5) is 31.9. The van der Waals surface area contributed by atoms with E-state index in [2.05, 4.69) is 64.5 Å². The molecule has 0 unspecified atom stereocenters. The number of nitrogens with zero attached hydrogens (tertiary/aromatic N) is 5. The predicted octanol–water partition coefficient (Wildman–Crippen LogP) is 6.22. The van der Waals surface area contributed by atoms with Crippen LogP contribution < -0.4 is 15.6 Å². The zero-order valence-corrected chi connectivity index (χ0v) is 24.4. The number of aromatic nitrogens is 4. The van der Waals surface area contributed by atoms with Gasteiger partial charge >= 0.3 is 0 Å². The van der Waals surface area contributed by atoms with Crippen molar-refractivity contribution in [2.24, 2.45) is 0 Å². The summed E-state index contributed by atoms with van der Waals surface area (Å²) >= 11 is 1.71. The summed E-state index contributed by atoms with van der Waals surface area (Å²) in [6, 6.07) is 16.4. The van der Waals surface area contributed by atoms with E-state index in [4.69, 9.17) is 9.72 Å². The van der Waals surface area contributed by atoms with Crippen molar-refractivity contribution >= 4 is 34.0 Å². The van der Waals surface area contributed by atoms with Crippen LogP contribution in [0.15, 0.2) is 71.9 Å². The van der Waals surface area contributed by atoms with Gasteiger partial charge in [0.05, 0.1) is 13.2 Å². The summed E-state index contributed by atoms with van der Waals surface area (Å²) in [5, 5.41) is 4.09. The lowest BCUT2D eigenvalue weighted by molar-refractivity contribution is 0.255. The number of hydrogen-bond acceptors (Lipinski definition) is 8. The Morgan fingerprint density at radius 1 is 1.07 bits per heavy atom. The maximum Gasteiger partial charge on any atom is 0.294 e. The van der Waals surface area contributed by atoms with Crippen molar-refractivity contribution in [3.63, 3.8) is 0 Å². The molecule has 0 amide bonds. The molecule has 4 aromatic heterocycles. The number of piperidine rings is 1. The van der Waals surface area contributed by atoms with E-state index in [-0.39, 0.29) is 5.56 Å². The maximum atomic E-state index is 13.7. The number of rotatable bonds is 8. The van der Waals surface area contributed by atoms with Crippen molar-refractivity contribution < 1.29 is 4.74 Å². The molecule has 1 aromatic carbocycles. The molecule has 0 spiro atoms. The summed E-state index contributed by atoms with van der Waals surface area (Å²) in [5.74, 6) is 1.34. The van der Waals surface area contributed by atoms with E-state index in [1.807, 2.05) is 19.1 Å². The highest BCUT2D eigenvalue weighted by atomic mass is 32.1. The van der Waals surface area contributed by atoms with Crippen molar-refractivity contribution in [1.82, 2.24) is 24.4 Å². The first-order valence-corrected chi connectivity index (χ1v) is 14.9. The summed E-state index contributed by atoms with van der Waals surface area (Å²) in [6.45, 7) is 6.99. The number of aryl methyl sites for hydroxylation is 1. The van der Waals surface area contributed by atoms with Gasteiger partial charge in [0, 0.05) is 39.4 Å². The first kappa shape index (κ1) is 27.1. The van der Waals surface area contributed by atoms with Crippen LogP contribution in [0.2, 0.25) is 0 Å². The molecule has 1 aliphatic rings. The Morgan fingerprint density at radius 3 is 2.56 bits per heavy atom. The van der Waals surface area contributed by atoms with Gasteiger partial charge in [0.2, 0.25) is 5.95 Å². The average molecular weight is 567 g/mol. The second-order valence-electron chi connectivity index (χ2n) is 10.6. The number of likely N-dealkylation sites (tertiary alicyclic amines) is 1. The smallest absolute Gasteiger partial charge is 0.294 e. The van der Waals surface area contributed by atoms with Crippen LogP contribution in [0.5, 0.6) is 5.75 Å². The van der Waals surface area contributed by atoms with Crippen molar-refractivity contribution in [1.29, 1.82) is 0 Å². The minimum Gasteiger partial charge on any atom is -0.488 e. The molecular formula is C32H34N6O2S. The lowest BCUT2D eigenvalue weighted by Gasteiger charge is -2.29. The van der Waals surface area contributed by atoms with E-state index < -0.39 is 0 Å². The number of thiophene rings is 1. The molecule has 5 heterocycles. The summed E-state index contributed by atoms with van der Waals surface area (Å²) in [5.41, 5.74) is 4.76. The largest absolute Gasteiger partial charge is 0.488 e. The quantitative estimate of drug-likeness (QED) is 0.239. The standard InChI is InChI=1S/C32H34N6O2S/c1-4-40-28-18-25-19-34-32(35-27-7-5-22(6-8-27)23-11-15-37(3)16-12-23)36-30(25)38(31(28)39)20-26-17-21(2)41-29(26)24-9-13-33-14-10-24/h5-10,13-14,17-19,23H,4,11-12,15-16,20H2,1-3H3,(H,34,35,36). The molecule has 0 aliphatic carbocycles. The Balaban J connectivity index is 1.34. The second kappa shape index (κ2) is 11.8. The third-order valence-electron chi connectivity index (χ3n) is 7.65. The molecule has 1 fully saturated rings. The van der Waals surface area contributed by atoms with E-state index in [9.17, 15) is 4.79 Å². The number of nitrogens with one attached hydrogen (secondary N) is 1. The first-order valence-electron chi connectivity index (χ1n) is 14.1. The van der Waals surface area contributed by atoms with Gasteiger partial charge in [0.15, 0.2) is 5.75 Å². The van der Waals surface area contributed by atoms with Gasteiger partial charge in [-0.25, -0.2) is 4.98 Å². The van der Waals surface area contributed by atoms with Crippen LogP contribution in [0, 0.1) is 6.92 Å². The number of ether oxygens (including phenoxy) is 1. The molecule has 0 radical (unpaired) electrons. The van der Waals surface area contributed by atoms with Gasteiger partial charge < -0.3 is 15.0 Å². The van der Waals surface area contributed by atoms with Crippen molar-refractivity contribution in [2.75, 3.05) is 32.1 Å². The molecule has 0 bridgehead atoms. The highest BCUT2D eigenvalue weighted by Crippen LogP contribution is 2.33. The lowest BCUT2D eigenvalue weighted by Crippen LogP contribution is -2.29. The molecule has 1 N–H and O–H groups in total. The Hall–Kier alpha value is -4.08. The van der Waals surface area contributed by atoms with Crippen LogP contribution in [-0.4, -0.2) is 51.2 Å². The third-order valence-corrected chi connectivity index (χ3v) is 8.80. The fourth-order valence-corrected chi connectivity index (χ4v) is 6.54. The number of anilines is 2. The molecular weight excluding hydrogens is 532 g/mol. The van der Waals surface area contributed by atoms with Gasteiger partial charge in [0.1, 0.15) is 5.65 Å². The van der Waals surface area contributed by atoms with Crippen LogP contribution in [0.25, 0.3) is 21.5 Å². The molecule has 1 aliphatic heterocycles. The zero-order valence-electron chi connectivity index (χ0n) is 23.6. The fourth-order valence-electron chi connectivity index (χ4n) is 5.51. The SMILES string of the molecule is CCOc1cc2cnc(Nc3ccc(C4CCN(C)CC4)cc3)nc2n(Cc2cc(C)sc2-c2ccncc2)c1=O. The lowest BCUT2D eigenvalue weighted by atomic mass is 9.89. The van der Waals surface area contributed by atoms with Crippen LogP contribution >= 0.6 is 11.3 Å². The van der Waals surface area contributed by atoms with Gasteiger partial charge in [-0.3, -0.25) is 14.3 Å². The maximum absolute atomic E-state index is 13.7. The van der Waals surface area contributed by atoms with Crippen LogP contribution in [0.3, 0.4) is 0 Å². The van der Waals surface area contributed by atoms with E-state index in [1.165, 1.54) is 23.3 Å². The first-order chi connectivity index (χ1) is 20.0. The summed E-state index contributed by atoms with van der Waals surface area (Å²) < 4.78 is 7.42. The molecule has 0 saturated carbocycles. The number of hydrogen-bond donors (Lipinski definition) is 1. The summed E-state index contributed by atoms with van der Waals surface area (Å²) in [7, 11) is 2.19. The van der Waals surface area contributed by atoms with E-state index in [0.717, 1.165) is 40.2 Å². The normalized spacial score (nSPS) is 14.4. The van der Waals surface area contributed by atoms with E-state index >= 15 is 0 Å². The van der Waals surface area contributed by atoms with E-state index in [1.54, 1.807) is 40.6 Å². The molecule has 6 rings (SSSR count). The average Bonchev–Trinajstić information content (AvgIpc) is 3.37. The number of benzene rings is 1. The van der Waals surface area contributed by atoms with Gasteiger partial charge in [-0.2, -0.15) is 4.98 Å². The Bertz CT molecular complexity index is 1710. The summed E-state index contributed by atoms with van der Waals surface area (Å²) in [6.07, 6.45) is 7.70. The molecule has 9 heteroatoms. The Labute approximate surface area is 243 Å². The van der Waals surface area contributed by atoms with Crippen molar-refractivity contribution in [3.8, 4) is 16.2 Å². The van der Waals surface area contributed by atoms with Crippen LogP contribution in [0.4, 0.5) is 11.6 Å². The highest BCUT2D eigenvalue weighted by Gasteiger charge is 2.19. The van der Waals surface area contributed by atoms with Crippen molar-refractivity contribution in [2.45, 2.75) is 39.2 Å². The van der Waals surface area contributed by atoms with Gasteiger partial charge in [-0.1, -0.05) is 12.1 Å². The molecule has 1 saturated heterocycles. The Morgan fingerprint density at radius 2 is 1.83 bits per heavy atom. The van der Waals surface area contributed by atoms with Gasteiger partial charge in [-0.05, 0) is 106 Å². The number of fused-ring (bicyclic) bond motifs is 1. The molecule has 41 heavy (non-hydrogen) atoms. The molecule has 210 valence electrons. The second-order valence-corrected chi connectivity index (χ2v) is 11.8. The highest BCUT2D eigenvalue weighted by molar-refractivity contribution is 7.15. The van der Waals surface area contributed by atoms with Crippen LogP contribution in [0.1, 0.15) is 41.7 Å². The molecule has 0 atom stereocenters. The molecule has 5 aromatic rings. The topological polar surface area (TPSA) is 85.2 Å². The van der Waals surface area contributed by atoms with Crippen molar-refractivity contribution in [3.05, 3.63) is 93.5 Å². The van der Waals surface area contributed by atoms with Gasteiger partial charge in [-0.15, -0.1) is 11.3 Å². The van der Waals surface area contributed by atoms with Gasteiger partial charge in [0.25, 0.3) is 5.56 Å². The minimum absolute atomic E-state index is 0.212. The predicted molar refractivity (Wildman–Crippen MR) is 166 cm³/mol. The zero-order chi connectivity index (χ0) is 28.3.